The summed E-state index contributed by atoms with van der Waals surface area (Å²) in [6.07, 6.45) is 0. The molecule has 2 nitrogen and oxygen atoms in total. The van der Waals surface area contributed by atoms with E-state index < -0.39 is 0 Å². The smallest absolute Gasteiger partial charge is 0.119 e. The summed E-state index contributed by atoms with van der Waals surface area (Å²) in [4.78, 5) is 0. The van der Waals surface area contributed by atoms with Crippen molar-refractivity contribution < 1.29 is 4.74 Å². The lowest BCUT2D eigenvalue weighted by atomic mass is 10.2. The van der Waals surface area contributed by atoms with Gasteiger partial charge in [-0.05, 0) is 55.3 Å². The molecule has 2 aromatic rings. The minimum Gasteiger partial charge on any atom is -0.494 e. The predicted molar refractivity (Wildman–Crippen MR) is 83.8 cm³/mol. The summed E-state index contributed by atoms with van der Waals surface area (Å²) in [6, 6.07) is 14.5. The zero-order valence-electron chi connectivity index (χ0n) is 11.2. The molecule has 19 heavy (non-hydrogen) atoms. The number of rotatable bonds is 5. The summed E-state index contributed by atoms with van der Waals surface area (Å²) in [7, 11) is 0. The van der Waals surface area contributed by atoms with Gasteiger partial charge in [-0.15, -0.1) is 0 Å². The van der Waals surface area contributed by atoms with Gasteiger partial charge >= 0.3 is 0 Å². The number of nitrogens with one attached hydrogen (secondary N) is 1. The lowest BCUT2D eigenvalue weighted by Crippen LogP contribution is -2.00. The molecular formula is C16H18BrNO. The Hall–Kier alpha value is -1.48. The van der Waals surface area contributed by atoms with Gasteiger partial charge < -0.3 is 10.1 Å². The van der Waals surface area contributed by atoms with E-state index in [1.54, 1.807) is 0 Å². The maximum atomic E-state index is 5.43. The Morgan fingerprint density at radius 1 is 1.11 bits per heavy atom. The second kappa shape index (κ2) is 6.62. The number of hydrogen-bond acceptors (Lipinski definition) is 2. The molecule has 0 fully saturated rings. The Kier molecular flexibility index (Phi) is 4.86. The molecule has 0 radical (unpaired) electrons. The Bertz CT molecular complexity index is 517. The maximum absolute atomic E-state index is 5.43. The quantitative estimate of drug-likeness (QED) is 0.857. The molecule has 0 heterocycles. The number of ether oxygens (including phenoxy) is 1. The first-order valence-electron chi connectivity index (χ1n) is 6.40. The van der Waals surface area contributed by atoms with Crippen LogP contribution < -0.4 is 10.1 Å². The number of hydrogen-bond donors (Lipinski definition) is 1. The summed E-state index contributed by atoms with van der Waals surface area (Å²) >= 11 is 3.51. The summed E-state index contributed by atoms with van der Waals surface area (Å²) in [5.41, 5.74) is 3.60. The number of aryl methyl sites for hydroxylation is 1. The van der Waals surface area contributed by atoms with Gasteiger partial charge in [-0.25, -0.2) is 0 Å². The molecular weight excluding hydrogens is 302 g/mol. The van der Waals surface area contributed by atoms with Crippen molar-refractivity contribution in [3.8, 4) is 5.75 Å². The molecule has 0 atom stereocenters. The molecule has 0 spiro atoms. The van der Waals surface area contributed by atoms with E-state index in [9.17, 15) is 0 Å². The molecule has 0 aliphatic carbocycles. The van der Waals surface area contributed by atoms with E-state index in [1.165, 1.54) is 11.1 Å². The average molecular weight is 320 g/mol. The molecule has 0 unspecified atom stereocenters. The molecule has 0 aliphatic rings. The van der Waals surface area contributed by atoms with Gasteiger partial charge in [-0.1, -0.05) is 28.1 Å². The number of benzene rings is 2. The lowest BCUT2D eigenvalue weighted by Gasteiger charge is -2.09. The fourth-order valence-corrected chi connectivity index (χ4v) is 2.52. The van der Waals surface area contributed by atoms with Crippen LogP contribution in [0.1, 0.15) is 18.1 Å². The Morgan fingerprint density at radius 2 is 1.84 bits per heavy atom. The largest absolute Gasteiger partial charge is 0.494 e. The van der Waals surface area contributed by atoms with Gasteiger partial charge in [0, 0.05) is 16.7 Å². The first-order chi connectivity index (χ1) is 9.17. The van der Waals surface area contributed by atoms with Crippen molar-refractivity contribution in [2.45, 2.75) is 20.4 Å². The minimum absolute atomic E-state index is 0.703. The van der Waals surface area contributed by atoms with Crippen LogP contribution in [-0.4, -0.2) is 6.61 Å². The standard InChI is InChI=1S/C16H18BrNO/c1-3-19-16-6-4-13(5-7-16)11-18-15-9-12(2)8-14(17)10-15/h4-10,18H,3,11H2,1-2H3. The molecule has 0 amide bonds. The summed E-state index contributed by atoms with van der Waals surface area (Å²) in [6.45, 7) is 5.59. The van der Waals surface area contributed by atoms with E-state index in [0.717, 1.165) is 22.5 Å². The minimum atomic E-state index is 0.703. The highest BCUT2D eigenvalue weighted by Gasteiger charge is 1.98. The third-order valence-corrected chi connectivity index (χ3v) is 3.23. The summed E-state index contributed by atoms with van der Waals surface area (Å²) in [5.74, 6) is 0.921. The third kappa shape index (κ3) is 4.28. The van der Waals surface area contributed by atoms with Crippen LogP contribution in [0.4, 0.5) is 5.69 Å². The fourth-order valence-electron chi connectivity index (χ4n) is 1.91. The van der Waals surface area contributed by atoms with Gasteiger partial charge in [-0.3, -0.25) is 0 Å². The molecule has 0 aliphatic heterocycles. The van der Waals surface area contributed by atoms with Gasteiger partial charge in [0.15, 0.2) is 0 Å². The first kappa shape index (κ1) is 13.9. The Morgan fingerprint density at radius 3 is 2.47 bits per heavy atom. The highest BCUT2D eigenvalue weighted by atomic mass is 79.9. The van der Waals surface area contributed by atoms with Gasteiger partial charge in [0.1, 0.15) is 5.75 Å². The van der Waals surface area contributed by atoms with Crippen molar-refractivity contribution in [3.63, 3.8) is 0 Å². The monoisotopic (exact) mass is 319 g/mol. The van der Waals surface area contributed by atoms with Crippen molar-refractivity contribution in [1.29, 1.82) is 0 Å². The predicted octanol–water partition coefficient (Wildman–Crippen LogP) is 4.77. The summed E-state index contributed by atoms with van der Waals surface area (Å²) in [5, 5.41) is 3.42. The van der Waals surface area contributed by atoms with E-state index in [4.69, 9.17) is 4.74 Å². The van der Waals surface area contributed by atoms with Crippen molar-refractivity contribution in [1.82, 2.24) is 0 Å². The molecule has 0 saturated carbocycles. The van der Waals surface area contributed by atoms with Gasteiger partial charge in [0.05, 0.1) is 6.61 Å². The average Bonchev–Trinajstić information content (AvgIpc) is 2.37. The first-order valence-corrected chi connectivity index (χ1v) is 7.19. The molecule has 0 saturated heterocycles. The molecule has 2 aromatic carbocycles. The van der Waals surface area contributed by atoms with Crippen LogP contribution in [0.2, 0.25) is 0 Å². The van der Waals surface area contributed by atoms with Crippen LogP contribution in [0, 0.1) is 6.92 Å². The van der Waals surface area contributed by atoms with Crippen molar-refractivity contribution in [2.75, 3.05) is 11.9 Å². The lowest BCUT2D eigenvalue weighted by molar-refractivity contribution is 0.340. The highest BCUT2D eigenvalue weighted by Crippen LogP contribution is 2.20. The van der Waals surface area contributed by atoms with E-state index >= 15 is 0 Å². The van der Waals surface area contributed by atoms with E-state index in [2.05, 4.69) is 58.5 Å². The molecule has 100 valence electrons. The molecule has 2 rings (SSSR count). The molecule has 1 N–H and O–H groups in total. The van der Waals surface area contributed by atoms with E-state index in [1.807, 2.05) is 19.1 Å². The highest BCUT2D eigenvalue weighted by molar-refractivity contribution is 9.10. The summed E-state index contributed by atoms with van der Waals surface area (Å²) < 4.78 is 6.53. The van der Waals surface area contributed by atoms with Crippen LogP contribution in [0.5, 0.6) is 5.75 Å². The molecule has 3 heteroatoms. The number of anilines is 1. The van der Waals surface area contributed by atoms with Crippen LogP contribution in [-0.2, 0) is 6.54 Å². The maximum Gasteiger partial charge on any atom is 0.119 e. The zero-order valence-corrected chi connectivity index (χ0v) is 12.8. The van der Waals surface area contributed by atoms with Crippen LogP contribution in [0.25, 0.3) is 0 Å². The number of halogens is 1. The zero-order chi connectivity index (χ0) is 13.7. The van der Waals surface area contributed by atoms with Crippen LogP contribution in [0.3, 0.4) is 0 Å². The van der Waals surface area contributed by atoms with Gasteiger partial charge in [-0.2, -0.15) is 0 Å². The van der Waals surface area contributed by atoms with Crippen molar-refractivity contribution >= 4 is 21.6 Å². The molecule has 0 aromatic heterocycles. The topological polar surface area (TPSA) is 21.3 Å². The van der Waals surface area contributed by atoms with Gasteiger partial charge in [0.2, 0.25) is 0 Å². The Balaban J connectivity index is 1.98. The third-order valence-electron chi connectivity index (χ3n) is 2.77. The van der Waals surface area contributed by atoms with Crippen LogP contribution in [0.15, 0.2) is 46.9 Å². The fraction of sp³-hybridized carbons (Fsp3) is 0.250. The Labute approximate surface area is 122 Å². The van der Waals surface area contributed by atoms with E-state index in [-0.39, 0.29) is 0 Å². The normalized spacial score (nSPS) is 10.3. The van der Waals surface area contributed by atoms with Gasteiger partial charge in [0.25, 0.3) is 0 Å². The second-order valence-corrected chi connectivity index (χ2v) is 5.36. The molecule has 0 bridgehead atoms. The van der Waals surface area contributed by atoms with E-state index in [0.29, 0.717) is 6.61 Å². The van der Waals surface area contributed by atoms with Crippen molar-refractivity contribution in [3.05, 3.63) is 58.1 Å². The van der Waals surface area contributed by atoms with Crippen LogP contribution >= 0.6 is 15.9 Å². The SMILES string of the molecule is CCOc1ccc(CNc2cc(C)cc(Br)c2)cc1. The van der Waals surface area contributed by atoms with Crippen molar-refractivity contribution in [2.24, 2.45) is 0 Å². The second-order valence-electron chi connectivity index (χ2n) is 4.45.